The first-order valence-electron chi connectivity index (χ1n) is 5.90. The number of piperidine rings is 1. The third-order valence-corrected chi connectivity index (χ3v) is 2.86. The van der Waals surface area contributed by atoms with Gasteiger partial charge in [0.1, 0.15) is 0 Å². The van der Waals surface area contributed by atoms with Crippen molar-refractivity contribution in [2.24, 2.45) is 5.92 Å². The second-order valence-corrected chi connectivity index (χ2v) is 4.21. The lowest BCUT2D eigenvalue weighted by atomic mass is 9.99. The maximum atomic E-state index is 11.7. The zero-order valence-corrected chi connectivity index (χ0v) is 9.74. The van der Waals surface area contributed by atoms with Crippen LogP contribution in [0.2, 0.25) is 0 Å². The summed E-state index contributed by atoms with van der Waals surface area (Å²) in [5.74, 6) is -1.20. The van der Waals surface area contributed by atoms with Gasteiger partial charge in [-0.25, -0.2) is 4.79 Å². The largest absolute Gasteiger partial charge is 0.481 e. The molecule has 1 saturated heterocycles. The van der Waals surface area contributed by atoms with E-state index in [1.807, 2.05) is 0 Å². The molecular formula is C11H20N2O3. The number of likely N-dealkylation sites (tertiary alicyclic amines) is 1. The maximum absolute atomic E-state index is 11.7. The Hall–Kier alpha value is -1.26. The van der Waals surface area contributed by atoms with Gasteiger partial charge in [0.25, 0.3) is 0 Å². The Morgan fingerprint density at radius 3 is 2.88 bits per heavy atom. The first-order chi connectivity index (χ1) is 7.65. The summed E-state index contributed by atoms with van der Waals surface area (Å²) < 4.78 is 0. The molecule has 16 heavy (non-hydrogen) atoms. The second kappa shape index (κ2) is 6.35. The van der Waals surface area contributed by atoms with Crippen molar-refractivity contribution in [1.82, 2.24) is 10.2 Å². The van der Waals surface area contributed by atoms with E-state index in [0.29, 0.717) is 26.1 Å². The number of unbranched alkanes of at least 4 members (excludes halogenated alkanes) is 1. The molecule has 0 aromatic rings. The van der Waals surface area contributed by atoms with Crippen LogP contribution in [-0.4, -0.2) is 41.6 Å². The summed E-state index contributed by atoms with van der Waals surface area (Å²) in [5, 5.41) is 11.7. The van der Waals surface area contributed by atoms with Gasteiger partial charge in [-0.15, -0.1) is 0 Å². The van der Waals surface area contributed by atoms with Gasteiger partial charge in [0.05, 0.1) is 5.92 Å². The highest BCUT2D eigenvalue weighted by Crippen LogP contribution is 2.16. The van der Waals surface area contributed by atoms with Gasteiger partial charge >= 0.3 is 12.0 Å². The van der Waals surface area contributed by atoms with Gasteiger partial charge in [0.15, 0.2) is 0 Å². The number of amides is 2. The van der Waals surface area contributed by atoms with Gasteiger partial charge < -0.3 is 15.3 Å². The molecule has 0 aromatic heterocycles. The van der Waals surface area contributed by atoms with Crippen molar-refractivity contribution in [3.05, 3.63) is 0 Å². The number of urea groups is 1. The first-order valence-corrected chi connectivity index (χ1v) is 5.90. The number of nitrogens with zero attached hydrogens (tertiary/aromatic N) is 1. The van der Waals surface area contributed by atoms with E-state index in [4.69, 9.17) is 5.11 Å². The van der Waals surface area contributed by atoms with Gasteiger partial charge in [0, 0.05) is 19.6 Å². The highest BCUT2D eigenvalue weighted by atomic mass is 16.4. The fourth-order valence-corrected chi connectivity index (χ4v) is 1.85. The summed E-state index contributed by atoms with van der Waals surface area (Å²) in [5.41, 5.74) is 0. The molecule has 1 heterocycles. The molecule has 0 spiro atoms. The van der Waals surface area contributed by atoms with Crippen molar-refractivity contribution in [1.29, 1.82) is 0 Å². The van der Waals surface area contributed by atoms with E-state index in [-0.39, 0.29) is 6.03 Å². The van der Waals surface area contributed by atoms with Crippen LogP contribution in [0.1, 0.15) is 32.6 Å². The minimum Gasteiger partial charge on any atom is -0.481 e. The van der Waals surface area contributed by atoms with E-state index in [2.05, 4.69) is 12.2 Å². The number of carbonyl (C=O) groups excluding carboxylic acids is 1. The van der Waals surface area contributed by atoms with Gasteiger partial charge in [-0.05, 0) is 19.3 Å². The minimum atomic E-state index is -0.800. The Bertz CT molecular complexity index is 256. The van der Waals surface area contributed by atoms with Crippen LogP contribution in [0, 0.1) is 5.92 Å². The van der Waals surface area contributed by atoms with E-state index in [9.17, 15) is 9.59 Å². The van der Waals surface area contributed by atoms with Crippen molar-refractivity contribution in [2.75, 3.05) is 19.6 Å². The van der Waals surface area contributed by atoms with Crippen molar-refractivity contribution < 1.29 is 14.7 Å². The molecule has 0 unspecified atom stereocenters. The van der Waals surface area contributed by atoms with Crippen LogP contribution >= 0.6 is 0 Å². The number of hydrogen-bond donors (Lipinski definition) is 2. The molecule has 1 aliphatic rings. The fraction of sp³-hybridized carbons (Fsp3) is 0.818. The predicted octanol–water partition coefficient (Wildman–Crippen LogP) is 1.29. The molecule has 1 rings (SSSR count). The van der Waals surface area contributed by atoms with E-state index in [1.165, 1.54) is 0 Å². The number of carbonyl (C=O) groups is 2. The molecular weight excluding hydrogens is 208 g/mol. The van der Waals surface area contributed by atoms with Crippen molar-refractivity contribution in [2.45, 2.75) is 32.6 Å². The van der Waals surface area contributed by atoms with E-state index in [0.717, 1.165) is 19.3 Å². The summed E-state index contributed by atoms with van der Waals surface area (Å²) in [4.78, 5) is 24.1. The first kappa shape index (κ1) is 12.8. The molecule has 5 heteroatoms. The lowest BCUT2D eigenvalue weighted by molar-refractivity contribution is -0.143. The summed E-state index contributed by atoms with van der Waals surface area (Å²) in [6.07, 6.45) is 3.45. The van der Waals surface area contributed by atoms with Crippen molar-refractivity contribution >= 4 is 12.0 Å². The molecule has 1 fully saturated rings. The molecule has 5 nitrogen and oxygen atoms in total. The summed E-state index contributed by atoms with van der Waals surface area (Å²) in [7, 11) is 0. The Balaban J connectivity index is 2.35. The summed E-state index contributed by atoms with van der Waals surface area (Å²) >= 11 is 0. The van der Waals surface area contributed by atoms with Crippen LogP contribution < -0.4 is 5.32 Å². The average Bonchev–Trinajstić information content (AvgIpc) is 2.29. The third-order valence-electron chi connectivity index (χ3n) is 2.86. The van der Waals surface area contributed by atoms with Gasteiger partial charge in [-0.3, -0.25) is 4.79 Å². The molecule has 0 radical (unpaired) electrons. The average molecular weight is 228 g/mol. The zero-order chi connectivity index (χ0) is 12.0. The fourth-order valence-electron chi connectivity index (χ4n) is 1.85. The van der Waals surface area contributed by atoms with Crippen LogP contribution in [-0.2, 0) is 4.79 Å². The topological polar surface area (TPSA) is 69.6 Å². The molecule has 0 saturated carbocycles. The number of nitrogens with one attached hydrogen (secondary N) is 1. The number of carboxylic acid groups (broad SMARTS) is 1. The van der Waals surface area contributed by atoms with Crippen LogP contribution in [0.5, 0.6) is 0 Å². The second-order valence-electron chi connectivity index (χ2n) is 4.21. The van der Waals surface area contributed by atoms with Crippen molar-refractivity contribution in [3.8, 4) is 0 Å². The molecule has 2 N–H and O–H groups in total. The number of carboxylic acids is 1. The van der Waals surface area contributed by atoms with E-state index in [1.54, 1.807) is 4.90 Å². The molecule has 0 bridgehead atoms. The van der Waals surface area contributed by atoms with E-state index >= 15 is 0 Å². The molecule has 1 atom stereocenters. The van der Waals surface area contributed by atoms with Gasteiger partial charge in [-0.1, -0.05) is 13.3 Å². The standard InChI is InChI=1S/C11H20N2O3/c1-2-3-6-12-11(16)13-7-4-5-9(8-13)10(14)15/h9H,2-8H2,1H3,(H,12,16)(H,14,15)/t9-/m1/s1. The maximum Gasteiger partial charge on any atom is 0.317 e. The summed E-state index contributed by atoms with van der Waals surface area (Å²) in [6, 6.07) is -0.126. The smallest absolute Gasteiger partial charge is 0.317 e. The number of aliphatic carboxylic acids is 1. The summed E-state index contributed by atoms with van der Waals surface area (Å²) in [6.45, 7) is 3.74. The molecule has 0 aliphatic carbocycles. The normalized spacial score (nSPS) is 20.6. The highest BCUT2D eigenvalue weighted by Gasteiger charge is 2.27. The molecule has 92 valence electrons. The quantitative estimate of drug-likeness (QED) is 0.712. The minimum absolute atomic E-state index is 0.126. The number of rotatable bonds is 4. The SMILES string of the molecule is CCCCNC(=O)N1CCC[C@@H](C(=O)O)C1. The van der Waals surface area contributed by atoms with Gasteiger partial charge in [0.2, 0.25) is 0 Å². The Labute approximate surface area is 95.8 Å². The highest BCUT2D eigenvalue weighted by molar-refractivity contribution is 5.76. The van der Waals surface area contributed by atoms with Crippen LogP contribution in [0.3, 0.4) is 0 Å². The van der Waals surface area contributed by atoms with Crippen molar-refractivity contribution in [3.63, 3.8) is 0 Å². The lowest BCUT2D eigenvalue weighted by Crippen LogP contribution is -2.47. The molecule has 2 amide bonds. The van der Waals surface area contributed by atoms with E-state index < -0.39 is 11.9 Å². The Morgan fingerprint density at radius 2 is 2.25 bits per heavy atom. The lowest BCUT2D eigenvalue weighted by Gasteiger charge is -2.30. The third kappa shape index (κ3) is 3.72. The van der Waals surface area contributed by atoms with Crippen LogP contribution in [0.25, 0.3) is 0 Å². The van der Waals surface area contributed by atoms with Crippen LogP contribution in [0.15, 0.2) is 0 Å². The monoisotopic (exact) mass is 228 g/mol. The van der Waals surface area contributed by atoms with Gasteiger partial charge in [-0.2, -0.15) is 0 Å². The zero-order valence-electron chi connectivity index (χ0n) is 9.74. The van der Waals surface area contributed by atoms with Crippen LogP contribution in [0.4, 0.5) is 4.79 Å². The Morgan fingerprint density at radius 1 is 1.50 bits per heavy atom. The Kier molecular flexibility index (Phi) is 5.08. The molecule has 0 aromatic carbocycles. The predicted molar refractivity (Wildman–Crippen MR) is 60.2 cm³/mol. The molecule has 1 aliphatic heterocycles. The number of hydrogen-bond acceptors (Lipinski definition) is 2.